The topological polar surface area (TPSA) is 52.0 Å². The predicted molar refractivity (Wildman–Crippen MR) is 108 cm³/mol. The Kier molecular flexibility index (Phi) is 9.58. The molecular formula is C20H32FN5. The minimum Gasteiger partial charge on any atom is -0.376 e. The molecule has 0 fully saturated rings. The van der Waals surface area contributed by atoms with Crippen LogP contribution in [0.2, 0.25) is 0 Å². The van der Waals surface area contributed by atoms with E-state index in [1.165, 1.54) is 0 Å². The number of nitrogens with zero attached hydrogens (tertiary/aromatic N) is 3. The van der Waals surface area contributed by atoms with E-state index in [-0.39, 0.29) is 18.0 Å². The van der Waals surface area contributed by atoms with Gasteiger partial charge in [0, 0.05) is 26.2 Å². The molecule has 2 unspecified atom stereocenters. The maximum atomic E-state index is 14.3. The second kappa shape index (κ2) is 11.4. The van der Waals surface area contributed by atoms with E-state index in [1.54, 1.807) is 30.1 Å². The normalized spacial score (nSPS) is 14.3. The fourth-order valence-electron chi connectivity index (χ4n) is 2.38. The molecule has 0 heterocycles. The molecule has 6 heteroatoms. The van der Waals surface area contributed by atoms with Crippen LogP contribution >= 0.6 is 0 Å². The highest BCUT2D eigenvalue weighted by Gasteiger charge is 2.14. The molecule has 0 aliphatic rings. The van der Waals surface area contributed by atoms with E-state index >= 15 is 0 Å². The van der Waals surface area contributed by atoms with Crippen LogP contribution in [0.15, 0.2) is 52.8 Å². The minimum absolute atomic E-state index is 0.0327. The number of aryl methyl sites for hydroxylation is 1. The van der Waals surface area contributed by atoms with E-state index in [1.807, 2.05) is 40.0 Å². The molecule has 0 spiro atoms. The molecule has 0 bridgehead atoms. The molecule has 5 nitrogen and oxygen atoms in total. The van der Waals surface area contributed by atoms with Gasteiger partial charge in [0.2, 0.25) is 0 Å². The molecule has 1 aromatic carbocycles. The smallest absolute Gasteiger partial charge is 0.149 e. The van der Waals surface area contributed by atoms with Crippen LogP contribution in [-0.4, -0.2) is 37.4 Å². The van der Waals surface area contributed by atoms with Crippen LogP contribution in [0.4, 0.5) is 10.1 Å². The summed E-state index contributed by atoms with van der Waals surface area (Å²) >= 11 is 0. The number of hydrogen-bond donors (Lipinski definition) is 2. The van der Waals surface area contributed by atoms with Gasteiger partial charge in [0.25, 0.3) is 0 Å². The van der Waals surface area contributed by atoms with E-state index in [9.17, 15) is 4.39 Å². The van der Waals surface area contributed by atoms with Crippen LogP contribution < -0.4 is 10.6 Å². The quantitative estimate of drug-likeness (QED) is 0.341. The average Bonchev–Trinajstić information content (AvgIpc) is 2.64. The Bertz CT molecular complexity index is 627. The predicted octanol–water partition coefficient (Wildman–Crippen LogP) is 4.69. The highest BCUT2D eigenvalue weighted by molar-refractivity contribution is 5.49. The van der Waals surface area contributed by atoms with E-state index in [0.29, 0.717) is 24.3 Å². The Hall–Kier alpha value is -2.21. The van der Waals surface area contributed by atoms with Gasteiger partial charge < -0.3 is 5.32 Å². The summed E-state index contributed by atoms with van der Waals surface area (Å²) in [5, 5.41) is 16.7. The molecule has 2 N–H and O–H groups in total. The van der Waals surface area contributed by atoms with Crippen molar-refractivity contribution in [3.05, 3.63) is 53.9 Å². The molecule has 0 aromatic heterocycles. The fraction of sp³-hybridized carbons (Fsp3) is 0.500. The lowest BCUT2D eigenvalue weighted by atomic mass is 10.0. The molecule has 0 aliphatic heterocycles. The van der Waals surface area contributed by atoms with Crippen LogP contribution in [0.5, 0.6) is 0 Å². The molecule has 1 aromatic rings. The van der Waals surface area contributed by atoms with Crippen molar-refractivity contribution in [2.75, 3.05) is 25.5 Å². The third-order valence-electron chi connectivity index (χ3n) is 4.20. The third-order valence-corrected chi connectivity index (χ3v) is 4.20. The van der Waals surface area contributed by atoms with Crippen molar-refractivity contribution < 1.29 is 4.39 Å². The van der Waals surface area contributed by atoms with E-state index in [2.05, 4.69) is 27.6 Å². The SMILES string of the molecule is C=CCNC(C)/N=N\N(C)CCC(Nc1cccc(C)c1F)/C(C)=C/C. The first-order chi connectivity index (χ1) is 12.4. The maximum Gasteiger partial charge on any atom is 0.149 e. The van der Waals surface area contributed by atoms with E-state index in [0.717, 1.165) is 12.0 Å². The summed E-state index contributed by atoms with van der Waals surface area (Å²) in [6.07, 6.45) is 4.56. The molecule has 0 saturated heterocycles. The zero-order chi connectivity index (χ0) is 19.5. The number of rotatable bonds is 11. The number of benzene rings is 1. The monoisotopic (exact) mass is 361 g/mol. The summed E-state index contributed by atoms with van der Waals surface area (Å²) in [5.74, 6) is -0.198. The molecule has 26 heavy (non-hydrogen) atoms. The van der Waals surface area contributed by atoms with Gasteiger partial charge in [-0.25, -0.2) is 4.39 Å². The van der Waals surface area contributed by atoms with Gasteiger partial charge in [-0.3, -0.25) is 10.3 Å². The Morgan fingerprint density at radius 3 is 2.81 bits per heavy atom. The zero-order valence-corrected chi connectivity index (χ0v) is 16.6. The van der Waals surface area contributed by atoms with Gasteiger partial charge >= 0.3 is 0 Å². The van der Waals surface area contributed by atoms with Gasteiger partial charge in [0.15, 0.2) is 0 Å². The summed E-state index contributed by atoms with van der Waals surface area (Å²) < 4.78 is 14.3. The highest BCUT2D eigenvalue weighted by atomic mass is 19.1. The lowest BCUT2D eigenvalue weighted by molar-refractivity contribution is 0.307. The first kappa shape index (κ1) is 21.8. The largest absolute Gasteiger partial charge is 0.376 e. The maximum absolute atomic E-state index is 14.3. The fourth-order valence-corrected chi connectivity index (χ4v) is 2.38. The van der Waals surface area contributed by atoms with Gasteiger partial charge in [-0.05, 0) is 45.7 Å². The second-order valence-electron chi connectivity index (χ2n) is 6.41. The van der Waals surface area contributed by atoms with E-state index in [4.69, 9.17) is 0 Å². The Morgan fingerprint density at radius 2 is 2.15 bits per heavy atom. The molecule has 0 saturated carbocycles. The van der Waals surface area contributed by atoms with Crippen molar-refractivity contribution >= 4 is 5.69 Å². The van der Waals surface area contributed by atoms with Gasteiger partial charge in [-0.1, -0.05) is 35.1 Å². The number of hydrogen-bond acceptors (Lipinski definition) is 4. The van der Waals surface area contributed by atoms with E-state index < -0.39 is 0 Å². The highest BCUT2D eigenvalue weighted by Crippen LogP contribution is 2.21. The summed E-state index contributed by atoms with van der Waals surface area (Å²) in [4.78, 5) is 0. The van der Waals surface area contributed by atoms with Gasteiger partial charge in [-0.2, -0.15) is 5.11 Å². The van der Waals surface area contributed by atoms with Crippen molar-refractivity contribution in [1.82, 2.24) is 10.3 Å². The average molecular weight is 362 g/mol. The Labute approximate surface area is 157 Å². The Morgan fingerprint density at radius 1 is 1.42 bits per heavy atom. The lowest BCUT2D eigenvalue weighted by Gasteiger charge is -2.23. The summed E-state index contributed by atoms with van der Waals surface area (Å²) in [5.41, 5.74) is 2.33. The van der Waals surface area contributed by atoms with Crippen molar-refractivity contribution in [3.8, 4) is 0 Å². The van der Waals surface area contributed by atoms with Crippen molar-refractivity contribution in [2.45, 2.75) is 46.3 Å². The van der Waals surface area contributed by atoms with Gasteiger partial charge in [0.1, 0.15) is 12.0 Å². The van der Waals surface area contributed by atoms with Crippen LogP contribution in [0.3, 0.4) is 0 Å². The molecule has 0 radical (unpaired) electrons. The van der Waals surface area contributed by atoms with Crippen LogP contribution in [-0.2, 0) is 0 Å². The minimum atomic E-state index is -0.198. The van der Waals surface area contributed by atoms with Gasteiger partial charge in [-0.15, -0.1) is 6.58 Å². The Balaban J connectivity index is 2.67. The number of anilines is 1. The van der Waals surface area contributed by atoms with Crippen molar-refractivity contribution in [1.29, 1.82) is 0 Å². The standard InChI is InChI=1S/C20H32FN5/c1-7-13-22-17(5)24-25-26(6)14-12-18(15(3)8-2)23-19-11-9-10-16(4)20(19)21/h7-11,17-18,22-23H,1,12-14H2,2-6H3/b15-8+,25-24-. The zero-order valence-electron chi connectivity index (χ0n) is 16.6. The summed E-state index contributed by atoms with van der Waals surface area (Å²) in [7, 11) is 1.89. The molecular weight excluding hydrogens is 329 g/mol. The van der Waals surface area contributed by atoms with Crippen LogP contribution in [0.1, 0.15) is 32.8 Å². The molecule has 1 rings (SSSR count). The lowest BCUT2D eigenvalue weighted by Crippen LogP contribution is -2.27. The third kappa shape index (κ3) is 7.35. The second-order valence-corrected chi connectivity index (χ2v) is 6.41. The molecule has 0 amide bonds. The molecule has 0 aliphatic carbocycles. The van der Waals surface area contributed by atoms with Crippen molar-refractivity contribution in [3.63, 3.8) is 0 Å². The number of halogens is 1. The first-order valence-corrected chi connectivity index (χ1v) is 8.99. The number of allylic oxidation sites excluding steroid dienone is 1. The summed E-state index contributed by atoms with van der Waals surface area (Å²) in [6, 6.07) is 5.44. The molecule has 2 atom stereocenters. The van der Waals surface area contributed by atoms with Crippen LogP contribution in [0.25, 0.3) is 0 Å². The summed E-state index contributed by atoms with van der Waals surface area (Å²) in [6.45, 7) is 12.8. The van der Waals surface area contributed by atoms with Crippen LogP contribution in [0, 0.1) is 12.7 Å². The van der Waals surface area contributed by atoms with Gasteiger partial charge in [0.05, 0.1) is 5.69 Å². The van der Waals surface area contributed by atoms with Crippen molar-refractivity contribution in [2.24, 2.45) is 10.3 Å². The first-order valence-electron chi connectivity index (χ1n) is 8.99. The number of nitrogens with one attached hydrogen (secondary N) is 2. The molecule has 144 valence electrons.